The number of nitrogen functional groups attached to an aromatic ring is 1. The standard InChI is InChI=1S/C11H13F2N3O/c12-11(13)7-17-4-3-16-10-5-8(6-14)1-2-9(10)15/h1-2,5,11,16H,3-4,7,15H2. The summed E-state index contributed by atoms with van der Waals surface area (Å²) in [4.78, 5) is 0. The van der Waals surface area contributed by atoms with E-state index in [1.54, 1.807) is 18.2 Å². The summed E-state index contributed by atoms with van der Waals surface area (Å²) in [6, 6.07) is 6.80. The summed E-state index contributed by atoms with van der Waals surface area (Å²) in [6.07, 6.45) is -2.46. The van der Waals surface area contributed by atoms with Crippen LogP contribution in [-0.4, -0.2) is 26.2 Å². The molecule has 17 heavy (non-hydrogen) atoms. The smallest absolute Gasteiger partial charge is 0.261 e. The van der Waals surface area contributed by atoms with Crippen molar-refractivity contribution in [2.75, 3.05) is 30.8 Å². The summed E-state index contributed by atoms with van der Waals surface area (Å²) in [5, 5.41) is 11.6. The molecule has 0 saturated heterocycles. The second kappa shape index (κ2) is 6.66. The number of nitrogens with zero attached hydrogens (tertiary/aromatic N) is 1. The molecule has 0 bridgehead atoms. The second-order valence-electron chi connectivity index (χ2n) is 3.31. The average Bonchev–Trinajstić information content (AvgIpc) is 2.30. The summed E-state index contributed by atoms with van der Waals surface area (Å²) in [5.74, 6) is 0. The largest absolute Gasteiger partial charge is 0.397 e. The minimum atomic E-state index is -2.46. The van der Waals surface area contributed by atoms with Crippen LogP contribution in [0, 0.1) is 11.3 Å². The van der Waals surface area contributed by atoms with Crippen LogP contribution < -0.4 is 11.1 Å². The number of ether oxygens (including phenoxy) is 1. The fourth-order valence-corrected chi connectivity index (χ4v) is 1.21. The molecule has 1 aromatic carbocycles. The lowest BCUT2D eigenvalue weighted by Gasteiger charge is -2.09. The van der Waals surface area contributed by atoms with Gasteiger partial charge in [-0.05, 0) is 18.2 Å². The number of alkyl halides is 2. The van der Waals surface area contributed by atoms with Gasteiger partial charge in [0.15, 0.2) is 0 Å². The Hall–Kier alpha value is -1.87. The normalized spacial score (nSPS) is 10.2. The molecule has 0 amide bonds. The van der Waals surface area contributed by atoms with Crippen molar-refractivity contribution in [3.8, 4) is 6.07 Å². The van der Waals surface area contributed by atoms with E-state index < -0.39 is 13.0 Å². The highest BCUT2D eigenvalue weighted by Gasteiger charge is 2.02. The molecule has 1 rings (SSSR count). The number of hydrogen-bond donors (Lipinski definition) is 2. The fourth-order valence-electron chi connectivity index (χ4n) is 1.21. The Labute approximate surface area is 98.0 Å². The Morgan fingerprint density at radius 1 is 1.47 bits per heavy atom. The van der Waals surface area contributed by atoms with Crippen LogP contribution in [0.1, 0.15) is 5.56 Å². The van der Waals surface area contributed by atoms with Crippen LogP contribution >= 0.6 is 0 Å². The predicted octanol–water partition coefficient (Wildman–Crippen LogP) is 1.83. The highest BCUT2D eigenvalue weighted by Crippen LogP contribution is 2.19. The monoisotopic (exact) mass is 241 g/mol. The maximum absolute atomic E-state index is 11.7. The van der Waals surface area contributed by atoms with Crippen molar-refractivity contribution in [2.45, 2.75) is 6.43 Å². The van der Waals surface area contributed by atoms with Gasteiger partial charge in [-0.3, -0.25) is 0 Å². The number of nitrogens with two attached hydrogens (primary N) is 1. The van der Waals surface area contributed by atoms with E-state index in [4.69, 9.17) is 15.7 Å². The van der Waals surface area contributed by atoms with Crippen LogP contribution in [0.4, 0.5) is 20.2 Å². The van der Waals surface area contributed by atoms with E-state index in [1.165, 1.54) is 0 Å². The molecule has 6 heteroatoms. The molecule has 0 aromatic heterocycles. The molecule has 0 atom stereocenters. The first kappa shape index (κ1) is 13.2. The van der Waals surface area contributed by atoms with Gasteiger partial charge in [0.2, 0.25) is 0 Å². The molecule has 1 aromatic rings. The van der Waals surface area contributed by atoms with Crippen molar-refractivity contribution in [2.24, 2.45) is 0 Å². The SMILES string of the molecule is N#Cc1ccc(N)c(NCCOCC(F)F)c1. The summed E-state index contributed by atoms with van der Waals surface area (Å²) in [7, 11) is 0. The third-order valence-corrected chi connectivity index (χ3v) is 1.99. The van der Waals surface area contributed by atoms with Crippen molar-refractivity contribution in [3.05, 3.63) is 23.8 Å². The van der Waals surface area contributed by atoms with Crippen LogP contribution in [-0.2, 0) is 4.74 Å². The minimum absolute atomic E-state index is 0.153. The number of nitrogens with one attached hydrogen (secondary N) is 1. The first-order chi connectivity index (χ1) is 8.13. The van der Waals surface area contributed by atoms with Crippen LogP contribution in [0.25, 0.3) is 0 Å². The number of nitriles is 1. The van der Waals surface area contributed by atoms with Crippen molar-refractivity contribution in [3.63, 3.8) is 0 Å². The molecule has 0 aliphatic carbocycles. The van der Waals surface area contributed by atoms with Crippen LogP contribution in [0.15, 0.2) is 18.2 Å². The maximum Gasteiger partial charge on any atom is 0.261 e. The van der Waals surface area contributed by atoms with Gasteiger partial charge in [0.05, 0.1) is 29.6 Å². The highest BCUT2D eigenvalue weighted by molar-refractivity contribution is 5.68. The fraction of sp³-hybridized carbons (Fsp3) is 0.364. The summed E-state index contributed by atoms with van der Waals surface area (Å²) in [5.41, 5.74) is 7.26. The molecule has 0 spiro atoms. The molecular formula is C11H13F2N3O. The van der Waals surface area contributed by atoms with E-state index in [0.717, 1.165) is 0 Å². The van der Waals surface area contributed by atoms with E-state index >= 15 is 0 Å². The predicted molar refractivity (Wildman–Crippen MR) is 60.9 cm³/mol. The number of anilines is 2. The highest BCUT2D eigenvalue weighted by atomic mass is 19.3. The van der Waals surface area contributed by atoms with Gasteiger partial charge in [-0.2, -0.15) is 5.26 Å². The number of halogens is 2. The topological polar surface area (TPSA) is 71.1 Å². The Kier molecular flexibility index (Phi) is 5.17. The van der Waals surface area contributed by atoms with Gasteiger partial charge in [-0.25, -0.2) is 8.78 Å². The third kappa shape index (κ3) is 4.66. The van der Waals surface area contributed by atoms with Crippen molar-refractivity contribution in [1.29, 1.82) is 5.26 Å². The molecule has 92 valence electrons. The van der Waals surface area contributed by atoms with Gasteiger partial charge < -0.3 is 15.8 Å². The molecule has 0 radical (unpaired) electrons. The summed E-state index contributed by atoms with van der Waals surface area (Å²) >= 11 is 0. The number of rotatable bonds is 6. The lowest BCUT2D eigenvalue weighted by Crippen LogP contribution is -2.13. The van der Waals surface area contributed by atoms with E-state index in [9.17, 15) is 8.78 Å². The molecule has 0 unspecified atom stereocenters. The van der Waals surface area contributed by atoms with Crippen molar-refractivity contribution < 1.29 is 13.5 Å². The Morgan fingerprint density at radius 3 is 2.88 bits per heavy atom. The zero-order valence-electron chi connectivity index (χ0n) is 9.12. The maximum atomic E-state index is 11.7. The molecular weight excluding hydrogens is 228 g/mol. The molecule has 0 fully saturated rings. The Balaban J connectivity index is 2.39. The van der Waals surface area contributed by atoms with Crippen LogP contribution in [0.3, 0.4) is 0 Å². The molecule has 4 nitrogen and oxygen atoms in total. The van der Waals surface area contributed by atoms with Crippen molar-refractivity contribution >= 4 is 11.4 Å². The quantitative estimate of drug-likeness (QED) is 0.588. The van der Waals surface area contributed by atoms with Crippen LogP contribution in [0.5, 0.6) is 0 Å². The second-order valence-corrected chi connectivity index (χ2v) is 3.31. The van der Waals surface area contributed by atoms with Gasteiger partial charge in [-0.15, -0.1) is 0 Å². The van der Waals surface area contributed by atoms with Gasteiger partial charge in [0.1, 0.15) is 6.61 Å². The van der Waals surface area contributed by atoms with Crippen molar-refractivity contribution in [1.82, 2.24) is 0 Å². The summed E-state index contributed by atoms with van der Waals surface area (Å²) < 4.78 is 28.2. The van der Waals surface area contributed by atoms with E-state index in [-0.39, 0.29) is 6.61 Å². The summed E-state index contributed by atoms with van der Waals surface area (Å²) in [6.45, 7) is -0.0677. The van der Waals surface area contributed by atoms with Gasteiger partial charge in [0, 0.05) is 6.54 Å². The first-order valence-electron chi connectivity index (χ1n) is 5.03. The molecule has 0 saturated carbocycles. The Morgan fingerprint density at radius 2 is 2.24 bits per heavy atom. The lowest BCUT2D eigenvalue weighted by molar-refractivity contribution is 0.0215. The zero-order chi connectivity index (χ0) is 12.7. The van der Waals surface area contributed by atoms with Gasteiger partial charge in [-0.1, -0.05) is 0 Å². The number of hydrogen-bond acceptors (Lipinski definition) is 4. The first-order valence-corrected chi connectivity index (χ1v) is 5.03. The van der Waals surface area contributed by atoms with Gasteiger partial charge >= 0.3 is 0 Å². The van der Waals surface area contributed by atoms with E-state index in [1.807, 2.05) is 6.07 Å². The average molecular weight is 241 g/mol. The molecule has 0 aliphatic heterocycles. The Bertz CT molecular complexity index is 404. The zero-order valence-corrected chi connectivity index (χ0v) is 9.12. The molecule has 3 N–H and O–H groups in total. The minimum Gasteiger partial charge on any atom is -0.397 e. The van der Waals surface area contributed by atoms with E-state index in [2.05, 4.69) is 5.32 Å². The molecule has 0 heterocycles. The third-order valence-electron chi connectivity index (χ3n) is 1.99. The van der Waals surface area contributed by atoms with Crippen LogP contribution in [0.2, 0.25) is 0 Å². The molecule has 0 aliphatic rings. The van der Waals surface area contributed by atoms with Gasteiger partial charge in [0.25, 0.3) is 6.43 Å². The van der Waals surface area contributed by atoms with E-state index in [0.29, 0.717) is 23.5 Å². The number of benzene rings is 1. The lowest BCUT2D eigenvalue weighted by atomic mass is 10.2.